The smallest absolute Gasteiger partial charge is 0.405 e. The number of aromatic nitrogens is 3. The highest BCUT2D eigenvalue weighted by atomic mass is 16.6. The van der Waals surface area contributed by atoms with E-state index in [1.807, 2.05) is 63.2 Å². The van der Waals surface area contributed by atoms with Gasteiger partial charge in [-0.1, -0.05) is 70.2 Å². The molecule has 3 heterocycles. The van der Waals surface area contributed by atoms with E-state index >= 15 is 0 Å². The van der Waals surface area contributed by atoms with Crippen molar-refractivity contribution >= 4 is 28.7 Å². The van der Waals surface area contributed by atoms with Gasteiger partial charge in [0.1, 0.15) is 11.6 Å². The molecule has 2 aromatic carbocycles. The van der Waals surface area contributed by atoms with Crippen molar-refractivity contribution in [1.82, 2.24) is 15.0 Å². The highest BCUT2D eigenvalue weighted by Crippen LogP contribution is 2.45. The van der Waals surface area contributed by atoms with Gasteiger partial charge >= 0.3 is 6.09 Å². The molecule has 2 atom stereocenters. The molecule has 0 bridgehead atoms. The number of hydrogen-bond acceptors (Lipinski definition) is 6. The van der Waals surface area contributed by atoms with Gasteiger partial charge in [0.25, 0.3) is 0 Å². The van der Waals surface area contributed by atoms with Crippen molar-refractivity contribution in [2.45, 2.75) is 40.2 Å². The number of rotatable bonds is 6. The zero-order valence-corrected chi connectivity index (χ0v) is 22.2. The molecule has 2 unspecified atom stereocenters. The van der Waals surface area contributed by atoms with Crippen LogP contribution in [-0.4, -0.2) is 39.9 Å². The standard InChI is InChI=1S/C30H33N5O3/c1-29(2,3)25(36)22-16-32-27-24(22)34-23(17-33-27)20-11-8-12-21(15-20)35-14-13-30(4,18-35)26(38-28(31)37)19-9-6-5-7-10-19/h5-12,15-17,26H,13-14,18H2,1-4H3,(H2,31,37)(H,32,33). The van der Waals surface area contributed by atoms with Crippen LogP contribution in [-0.2, 0) is 4.74 Å². The molecule has 4 aromatic rings. The Balaban J connectivity index is 1.43. The molecule has 0 radical (unpaired) electrons. The van der Waals surface area contributed by atoms with Gasteiger partial charge in [-0.3, -0.25) is 4.79 Å². The quantitative estimate of drug-likeness (QED) is 0.311. The molecular weight excluding hydrogens is 478 g/mol. The minimum absolute atomic E-state index is 0.0199. The Morgan fingerprint density at radius 3 is 2.61 bits per heavy atom. The number of nitrogens with two attached hydrogens (primary N) is 1. The van der Waals surface area contributed by atoms with Crippen LogP contribution in [0.3, 0.4) is 0 Å². The monoisotopic (exact) mass is 511 g/mol. The maximum atomic E-state index is 13.0. The number of Topliss-reactive ketones (excluding diaryl/α,β-unsaturated/α-hetero) is 1. The first-order chi connectivity index (χ1) is 18.0. The second kappa shape index (κ2) is 9.59. The molecule has 196 valence electrons. The maximum absolute atomic E-state index is 13.0. The molecule has 8 nitrogen and oxygen atoms in total. The number of hydrogen-bond donors (Lipinski definition) is 2. The molecule has 1 aliphatic rings. The van der Waals surface area contributed by atoms with Crippen LogP contribution in [0.2, 0.25) is 0 Å². The SMILES string of the molecule is CC(C)(C)C(=O)c1c[nH]c2ncc(-c3cccc(N4CCC(C)(C(OC(N)=O)c5ccccc5)C4)c3)nc12. The zero-order chi connectivity index (χ0) is 27.1. The Kier molecular flexibility index (Phi) is 6.42. The fourth-order valence-electron chi connectivity index (χ4n) is 5.25. The molecule has 1 aliphatic heterocycles. The Labute approximate surface area is 222 Å². The number of ketones is 1. The van der Waals surface area contributed by atoms with Gasteiger partial charge in [0.15, 0.2) is 11.4 Å². The number of carbonyl (C=O) groups is 2. The molecule has 8 heteroatoms. The van der Waals surface area contributed by atoms with Crippen molar-refractivity contribution in [2.75, 3.05) is 18.0 Å². The number of fused-ring (bicyclic) bond motifs is 1. The zero-order valence-electron chi connectivity index (χ0n) is 22.2. The number of nitrogens with zero attached hydrogens (tertiary/aromatic N) is 3. The molecule has 1 fully saturated rings. The topological polar surface area (TPSA) is 114 Å². The molecule has 0 spiro atoms. The number of H-pyrrole nitrogens is 1. The van der Waals surface area contributed by atoms with Gasteiger partial charge in [-0.25, -0.2) is 14.8 Å². The lowest BCUT2D eigenvalue weighted by Gasteiger charge is -2.33. The third-order valence-electron chi connectivity index (χ3n) is 7.29. The van der Waals surface area contributed by atoms with Crippen molar-refractivity contribution in [1.29, 1.82) is 0 Å². The van der Waals surface area contributed by atoms with Gasteiger partial charge in [0, 0.05) is 41.4 Å². The van der Waals surface area contributed by atoms with E-state index in [0.717, 1.165) is 29.8 Å². The fraction of sp³-hybridized carbons (Fsp3) is 0.333. The van der Waals surface area contributed by atoms with Crippen LogP contribution in [0.5, 0.6) is 0 Å². The minimum Gasteiger partial charge on any atom is -0.441 e. The van der Waals surface area contributed by atoms with E-state index in [1.54, 1.807) is 12.4 Å². The van der Waals surface area contributed by atoms with Crippen LogP contribution >= 0.6 is 0 Å². The lowest BCUT2D eigenvalue weighted by molar-refractivity contribution is 0.0280. The summed E-state index contributed by atoms with van der Waals surface area (Å²) in [6.45, 7) is 9.32. The van der Waals surface area contributed by atoms with Crippen molar-refractivity contribution in [3.63, 3.8) is 0 Å². The normalized spacial score (nSPS) is 18.5. The average Bonchev–Trinajstić information content (AvgIpc) is 3.51. The highest BCUT2D eigenvalue weighted by Gasteiger charge is 2.43. The van der Waals surface area contributed by atoms with Gasteiger partial charge in [0.2, 0.25) is 0 Å². The Bertz CT molecular complexity index is 1490. The molecule has 1 saturated heterocycles. The van der Waals surface area contributed by atoms with E-state index in [4.69, 9.17) is 15.5 Å². The van der Waals surface area contributed by atoms with Crippen molar-refractivity contribution in [3.8, 4) is 11.3 Å². The third kappa shape index (κ3) is 4.86. The highest BCUT2D eigenvalue weighted by molar-refractivity contribution is 6.08. The van der Waals surface area contributed by atoms with E-state index < -0.39 is 17.6 Å². The third-order valence-corrected chi connectivity index (χ3v) is 7.29. The van der Waals surface area contributed by atoms with Gasteiger partial charge in [0.05, 0.1) is 17.5 Å². The molecule has 1 amide bonds. The Morgan fingerprint density at radius 1 is 1.13 bits per heavy atom. The Hall–Kier alpha value is -4.20. The Morgan fingerprint density at radius 2 is 1.89 bits per heavy atom. The summed E-state index contributed by atoms with van der Waals surface area (Å²) in [4.78, 5) is 39.5. The summed E-state index contributed by atoms with van der Waals surface area (Å²) >= 11 is 0. The summed E-state index contributed by atoms with van der Waals surface area (Å²) in [5.41, 5.74) is 9.92. The number of benzene rings is 2. The number of ether oxygens (including phenoxy) is 1. The van der Waals surface area contributed by atoms with Gasteiger partial charge in [-0.15, -0.1) is 0 Å². The predicted octanol–water partition coefficient (Wildman–Crippen LogP) is 5.91. The first kappa shape index (κ1) is 25.4. The number of carbonyl (C=O) groups excluding carboxylic acids is 2. The number of primary amides is 1. The van der Waals surface area contributed by atoms with Crippen molar-refractivity contribution in [3.05, 3.63) is 78.1 Å². The molecule has 0 saturated carbocycles. The van der Waals surface area contributed by atoms with Gasteiger partial charge in [-0.05, 0) is 24.1 Å². The van der Waals surface area contributed by atoms with Crippen LogP contribution in [0, 0.1) is 10.8 Å². The molecule has 0 aliphatic carbocycles. The van der Waals surface area contributed by atoms with E-state index in [-0.39, 0.29) is 11.2 Å². The first-order valence-electron chi connectivity index (χ1n) is 12.8. The molecule has 5 rings (SSSR count). The van der Waals surface area contributed by atoms with Crippen LogP contribution in [0.25, 0.3) is 22.4 Å². The van der Waals surface area contributed by atoms with E-state index in [9.17, 15) is 9.59 Å². The molecule has 3 N–H and O–H groups in total. The number of aromatic amines is 1. The number of amides is 1. The molecule has 38 heavy (non-hydrogen) atoms. The van der Waals surface area contributed by atoms with Crippen LogP contribution in [0.4, 0.5) is 10.5 Å². The maximum Gasteiger partial charge on any atom is 0.405 e. The summed E-state index contributed by atoms with van der Waals surface area (Å²) in [6, 6.07) is 17.9. The van der Waals surface area contributed by atoms with Crippen molar-refractivity contribution < 1.29 is 14.3 Å². The average molecular weight is 512 g/mol. The summed E-state index contributed by atoms with van der Waals surface area (Å²) < 4.78 is 5.65. The van der Waals surface area contributed by atoms with Crippen molar-refractivity contribution in [2.24, 2.45) is 16.6 Å². The fourth-order valence-corrected chi connectivity index (χ4v) is 5.25. The van der Waals surface area contributed by atoms with Gasteiger partial charge < -0.3 is 20.4 Å². The van der Waals surface area contributed by atoms with Crippen LogP contribution in [0.15, 0.2) is 67.0 Å². The van der Waals surface area contributed by atoms with Crippen LogP contribution < -0.4 is 10.6 Å². The lowest BCUT2D eigenvalue weighted by Crippen LogP contribution is -2.34. The van der Waals surface area contributed by atoms with E-state index in [1.165, 1.54) is 0 Å². The van der Waals surface area contributed by atoms with Gasteiger partial charge in [-0.2, -0.15) is 0 Å². The van der Waals surface area contributed by atoms with E-state index in [2.05, 4.69) is 33.9 Å². The predicted molar refractivity (Wildman–Crippen MR) is 148 cm³/mol. The summed E-state index contributed by atoms with van der Waals surface area (Å²) in [5.74, 6) is 0.0199. The number of anilines is 1. The molecule has 2 aromatic heterocycles. The second-order valence-electron chi connectivity index (χ2n) is 11.3. The first-order valence-corrected chi connectivity index (χ1v) is 12.8. The number of nitrogens with one attached hydrogen (secondary N) is 1. The second-order valence-corrected chi connectivity index (χ2v) is 11.3. The summed E-state index contributed by atoms with van der Waals surface area (Å²) in [7, 11) is 0. The summed E-state index contributed by atoms with van der Waals surface area (Å²) in [6.07, 6.45) is 3.03. The molecular formula is C30H33N5O3. The summed E-state index contributed by atoms with van der Waals surface area (Å²) in [5, 5.41) is 0. The van der Waals surface area contributed by atoms with Crippen LogP contribution in [0.1, 0.15) is 56.1 Å². The lowest BCUT2D eigenvalue weighted by atomic mass is 9.80. The minimum atomic E-state index is -0.774. The van der Waals surface area contributed by atoms with E-state index in [0.29, 0.717) is 29.0 Å². The largest absolute Gasteiger partial charge is 0.441 e.